The Balaban J connectivity index is 2.35. The van der Waals surface area contributed by atoms with Crippen molar-refractivity contribution in [2.24, 2.45) is 0 Å². The summed E-state index contributed by atoms with van der Waals surface area (Å²) in [6.07, 6.45) is 0. The number of hydrogen-bond donors (Lipinski definition) is 2. The number of rotatable bonds is 7. The first-order chi connectivity index (χ1) is 8.52. The van der Waals surface area contributed by atoms with E-state index < -0.39 is 5.97 Å². The van der Waals surface area contributed by atoms with Gasteiger partial charge in [0.05, 0.1) is 12.4 Å². The van der Waals surface area contributed by atoms with Crippen molar-refractivity contribution in [2.45, 2.75) is 18.1 Å². The molecule has 18 heavy (non-hydrogen) atoms. The molecule has 1 atom stereocenters. The van der Waals surface area contributed by atoms with Crippen LogP contribution in [-0.2, 0) is 9.53 Å². The molecule has 0 saturated heterocycles. The van der Waals surface area contributed by atoms with Gasteiger partial charge in [0.25, 0.3) is 0 Å². The predicted molar refractivity (Wildman–Crippen MR) is 65.9 cm³/mol. The summed E-state index contributed by atoms with van der Waals surface area (Å²) in [5, 5.41) is 11.8. The molecular weight excluding hydrogens is 258 g/mol. The third-order valence-corrected chi connectivity index (χ3v) is 2.87. The van der Waals surface area contributed by atoms with E-state index in [9.17, 15) is 9.59 Å². The summed E-state index contributed by atoms with van der Waals surface area (Å²) in [5.41, 5.74) is 0. The maximum atomic E-state index is 11.5. The molecule has 0 spiro atoms. The van der Waals surface area contributed by atoms with Crippen molar-refractivity contribution < 1.29 is 23.8 Å². The topological polar surface area (TPSA) is 88.8 Å². The summed E-state index contributed by atoms with van der Waals surface area (Å²) in [7, 11) is 1.56. The molecule has 0 aromatic carbocycles. The average Bonchev–Trinajstić information content (AvgIpc) is 2.75. The largest absolute Gasteiger partial charge is 0.475 e. The van der Waals surface area contributed by atoms with E-state index in [4.69, 9.17) is 14.3 Å². The molecule has 0 aliphatic heterocycles. The van der Waals surface area contributed by atoms with E-state index in [0.29, 0.717) is 11.7 Å². The van der Waals surface area contributed by atoms with E-state index in [2.05, 4.69) is 5.32 Å². The number of amides is 1. The fraction of sp³-hybridized carbons (Fsp3) is 0.455. The molecule has 0 aliphatic carbocycles. The van der Waals surface area contributed by atoms with Gasteiger partial charge in [-0.05, 0) is 19.1 Å². The minimum atomic E-state index is -1.12. The first kappa shape index (κ1) is 14.6. The number of carbonyl (C=O) groups excluding carboxylic acids is 1. The van der Waals surface area contributed by atoms with E-state index in [0.717, 1.165) is 11.8 Å². The Bertz CT molecular complexity index is 417. The van der Waals surface area contributed by atoms with Crippen molar-refractivity contribution >= 4 is 23.6 Å². The molecule has 7 heteroatoms. The van der Waals surface area contributed by atoms with E-state index in [1.165, 1.54) is 12.1 Å². The lowest BCUT2D eigenvalue weighted by atomic mass is 10.3. The lowest BCUT2D eigenvalue weighted by molar-refractivity contribution is -0.119. The highest BCUT2D eigenvalue weighted by Gasteiger charge is 2.12. The average molecular weight is 273 g/mol. The van der Waals surface area contributed by atoms with Crippen molar-refractivity contribution in [1.29, 1.82) is 0 Å². The fourth-order valence-electron chi connectivity index (χ4n) is 1.26. The Morgan fingerprint density at radius 1 is 1.56 bits per heavy atom. The number of aromatic carboxylic acids is 1. The van der Waals surface area contributed by atoms with Gasteiger partial charge in [-0.2, -0.15) is 0 Å². The van der Waals surface area contributed by atoms with Gasteiger partial charge in [-0.3, -0.25) is 4.79 Å². The summed E-state index contributed by atoms with van der Waals surface area (Å²) < 4.78 is 9.90. The molecule has 0 radical (unpaired) electrons. The molecule has 0 saturated carbocycles. The van der Waals surface area contributed by atoms with Crippen LogP contribution >= 0.6 is 11.8 Å². The van der Waals surface area contributed by atoms with Crippen LogP contribution in [0, 0.1) is 0 Å². The number of thioether (sulfide) groups is 1. The van der Waals surface area contributed by atoms with Gasteiger partial charge in [-0.1, -0.05) is 11.8 Å². The van der Waals surface area contributed by atoms with Crippen molar-refractivity contribution in [1.82, 2.24) is 5.32 Å². The number of carboxylic acid groups (broad SMARTS) is 1. The van der Waals surface area contributed by atoms with Crippen LogP contribution in [0.1, 0.15) is 17.5 Å². The monoisotopic (exact) mass is 273 g/mol. The Morgan fingerprint density at radius 2 is 2.28 bits per heavy atom. The lowest BCUT2D eigenvalue weighted by Crippen LogP contribution is -2.36. The second kappa shape index (κ2) is 7.07. The number of methoxy groups -OCH3 is 1. The van der Waals surface area contributed by atoms with Gasteiger partial charge in [0, 0.05) is 13.2 Å². The van der Waals surface area contributed by atoms with E-state index >= 15 is 0 Å². The minimum Gasteiger partial charge on any atom is -0.475 e. The van der Waals surface area contributed by atoms with Gasteiger partial charge in [-0.25, -0.2) is 4.79 Å². The molecular formula is C11H15NO5S. The Morgan fingerprint density at radius 3 is 2.83 bits per heavy atom. The van der Waals surface area contributed by atoms with Crippen molar-refractivity contribution in [3.05, 3.63) is 17.9 Å². The van der Waals surface area contributed by atoms with Gasteiger partial charge in [0.1, 0.15) is 0 Å². The molecule has 0 fully saturated rings. The van der Waals surface area contributed by atoms with Crippen molar-refractivity contribution in [3.8, 4) is 0 Å². The Labute approximate surface area is 109 Å². The van der Waals surface area contributed by atoms with Gasteiger partial charge in [-0.15, -0.1) is 0 Å². The standard InChI is InChI=1S/C11H15NO5S/c1-7(5-16-2)12-9(13)6-18-10-4-3-8(17-10)11(14)15/h3-4,7H,5-6H2,1-2H3,(H,12,13)(H,14,15). The van der Waals surface area contributed by atoms with Crippen LogP contribution in [0.15, 0.2) is 21.6 Å². The van der Waals surface area contributed by atoms with Crippen LogP contribution in [0.2, 0.25) is 0 Å². The van der Waals surface area contributed by atoms with Gasteiger partial charge >= 0.3 is 5.97 Å². The third-order valence-electron chi connectivity index (χ3n) is 1.96. The maximum Gasteiger partial charge on any atom is 0.371 e. The third kappa shape index (κ3) is 4.80. The summed E-state index contributed by atoms with van der Waals surface area (Å²) >= 11 is 1.14. The molecule has 0 aliphatic rings. The first-order valence-electron chi connectivity index (χ1n) is 5.27. The zero-order chi connectivity index (χ0) is 13.5. The molecule has 1 rings (SSSR count). The van der Waals surface area contributed by atoms with E-state index in [-0.39, 0.29) is 23.5 Å². The molecule has 1 aromatic heterocycles. The number of hydrogen-bond acceptors (Lipinski definition) is 5. The highest BCUT2D eigenvalue weighted by molar-refractivity contribution is 7.99. The summed E-state index contributed by atoms with van der Waals surface area (Å²) in [4.78, 5) is 22.1. The highest BCUT2D eigenvalue weighted by Crippen LogP contribution is 2.20. The lowest BCUT2D eigenvalue weighted by Gasteiger charge is -2.11. The quantitative estimate of drug-likeness (QED) is 0.726. The normalized spacial score (nSPS) is 12.1. The Kier molecular flexibility index (Phi) is 5.73. The number of nitrogens with one attached hydrogen (secondary N) is 1. The Hall–Kier alpha value is -1.47. The van der Waals surface area contributed by atoms with Crippen LogP contribution in [-0.4, -0.2) is 42.5 Å². The zero-order valence-electron chi connectivity index (χ0n) is 10.1. The zero-order valence-corrected chi connectivity index (χ0v) is 11.0. The van der Waals surface area contributed by atoms with E-state index in [1.807, 2.05) is 6.92 Å². The first-order valence-corrected chi connectivity index (χ1v) is 6.25. The van der Waals surface area contributed by atoms with Gasteiger partial charge < -0.3 is 19.6 Å². The van der Waals surface area contributed by atoms with Crippen LogP contribution in [0.4, 0.5) is 0 Å². The molecule has 1 heterocycles. The van der Waals surface area contributed by atoms with Crippen LogP contribution in [0.3, 0.4) is 0 Å². The number of ether oxygens (including phenoxy) is 1. The summed E-state index contributed by atoms with van der Waals surface area (Å²) in [5.74, 6) is -1.25. The molecule has 2 N–H and O–H groups in total. The molecule has 100 valence electrons. The molecule has 6 nitrogen and oxygen atoms in total. The SMILES string of the molecule is COCC(C)NC(=O)CSc1ccc(C(=O)O)o1. The second-order valence-electron chi connectivity index (χ2n) is 3.64. The molecule has 1 aromatic rings. The summed E-state index contributed by atoms with van der Waals surface area (Å²) in [6, 6.07) is 2.82. The molecule has 1 amide bonds. The number of carbonyl (C=O) groups is 2. The molecule has 0 bridgehead atoms. The minimum absolute atomic E-state index is 0.0609. The van der Waals surface area contributed by atoms with Crippen molar-refractivity contribution in [2.75, 3.05) is 19.5 Å². The van der Waals surface area contributed by atoms with E-state index in [1.54, 1.807) is 7.11 Å². The predicted octanol–water partition coefficient (Wildman–Crippen LogP) is 1.22. The number of carboxylic acids is 1. The van der Waals surface area contributed by atoms with Crippen LogP contribution < -0.4 is 5.32 Å². The molecule has 1 unspecified atom stereocenters. The van der Waals surface area contributed by atoms with Gasteiger partial charge in [0.15, 0.2) is 5.09 Å². The fourth-order valence-corrected chi connectivity index (χ4v) is 1.93. The second-order valence-corrected chi connectivity index (χ2v) is 4.62. The smallest absolute Gasteiger partial charge is 0.371 e. The maximum absolute atomic E-state index is 11.5. The summed E-state index contributed by atoms with van der Waals surface area (Å²) in [6.45, 7) is 2.28. The van der Waals surface area contributed by atoms with Crippen LogP contribution in [0.25, 0.3) is 0 Å². The van der Waals surface area contributed by atoms with Crippen molar-refractivity contribution in [3.63, 3.8) is 0 Å². The number of furan rings is 1. The van der Waals surface area contributed by atoms with Crippen LogP contribution in [0.5, 0.6) is 0 Å². The highest BCUT2D eigenvalue weighted by atomic mass is 32.2. The van der Waals surface area contributed by atoms with Gasteiger partial charge in [0.2, 0.25) is 11.7 Å².